The Balaban J connectivity index is 1.89. The summed E-state index contributed by atoms with van der Waals surface area (Å²) in [6.07, 6.45) is 0.371. The van der Waals surface area contributed by atoms with Crippen LogP contribution in [0.25, 0.3) is 0 Å². The van der Waals surface area contributed by atoms with Crippen molar-refractivity contribution < 1.29 is 14.3 Å². The van der Waals surface area contributed by atoms with Crippen LogP contribution in [0, 0.1) is 0 Å². The molecule has 0 unspecified atom stereocenters. The van der Waals surface area contributed by atoms with E-state index in [9.17, 15) is 9.59 Å². The van der Waals surface area contributed by atoms with Gasteiger partial charge >= 0.3 is 0 Å². The normalized spacial score (nSPS) is 11.7. The number of carbonyl (C=O) groups excluding carboxylic acids is 2. The second-order valence-electron chi connectivity index (χ2n) is 8.85. The third kappa shape index (κ3) is 7.58. The number of likely N-dealkylation sites (N-methyl/N-ethyl adjacent to an activating group) is 1. The van der Waals surface area contributed by atoms with Crippen LogP contribution < -0.4 is 10.1 Å². The van der Waals surface area contributed by atoms with E-state index in [1.54, 1.807) is 11.0 Å². The molecular formula is C29H32BrClN2O3. The van der Waals surface area contributed by atoms with Crippen LogP contribution >= 0.6 is 27.5 Å². The first-order valence-electron chi connectivity index (χ1n) is 12.1. The molecule has 0 aromatic heterocycles. The third-order valence-electron chi connectivity index (χ3n) is 5.89. The molecule has 190 valence electrons. The van der Waals surface area contributed by atoms with E-state index in [0.29, 0.717) is 29.7 Å². The smallest absolute Gasteiger partial charge is 0.261 e. The summed E-state index contributed by atoms with van der Waals surface area (Å²) in [6, 6.07) is 22.1. The summed E-state index contributed by atoms with van der Waals surface area (Å²) in [5, 5.41) is 3.43. The van der Waals surface area contributed by atoms with Crippen molar-refractivity contribution in [2.45, 2.75) is 45.7 Å². The molecule has 0 saturated heterocycles. The number of rotatable bonds is 11. The minimum absolute atomic E-state index is 0.184. The maximum Gasteiger partial charge on any atom is 0.261 e. The standard InChI is InChI=1S/C29H32BrClN2O3/c1-4-32-29(35)26(16-21-10-6-5-7-11-21)33(18-23-12-8-9-13-25(23)31)28(34)19-36-27-15-14-22(20(2)3)17-24(27)30/h5-15,17,20,26H,4,16,18-19H2,1-3H3,(H,32,35)/t26-/m1/s1. The van der Waals surface area contributed by atoms with Crippen molar-refractivity contribution in [3.8, 4) is 5.75 Å². The van der Waals surface area contributed by atoms with Gasteiger partial charge in [-0.25, -0.2) is 0 Å². The number of amides is 2. The molecule has 1 N–H and O–H groups in total. The summed E-state index contributed by atoms with van der Waals surface area (Å²) in [4.78, 5) is 28.4. The molecule has 0 aliphatic carbocycles. The van der Waals surface area contributed by atoms with Gasteiger partial charge in [-0.1, -0.05) is 80.0 Å². The molecular weight excluding hydrogens is 540 g/mol. The molecule has 0 fully saturated rings. The van der Waals surface area contributed by atoms with E-state index in [1.807, 2.05) is 73.7 Å². The summed E-state index contributed by atoms with van der Waals surface area (Å²) in [5.41, 5.74) is 2.89. The van der Waals surface area contributed by atoms with Gasteiger partial charge in [0.25, 0.3) is 5.91 Å². The maximum absolute atomic E-state index is 13.6. The van der Waals surface area contributed by atoms with Crippen LogP contribution in [-0.4, -0.2) is 35.9 Å². The number of carbonyl (C=O) groups is 2. The molecule has 0 spiro atoms. The highest BCUT2D eigenvalue weighted by atomic mass is 79.9. The number of benzene rings is 3. The van der Waals surface area contributed by atoms with Gasteiger partial charge in [0.2, 0.25) is 5.91 Å². The van der Waals surface area contributed by atoms with E-state index in [2.05, 4.69) is 35.1 Å². The molecule has 36 heavy (non-hydrogen) atoms. The first kappa shape index (κ1) is 27.8. The topological polar surface area (TPSA) is 58.6 Å². The summed E-state index contributed by atoms with van der Waals surface area (Å²) < 4.78 is 6.70. The van der Waals surface area contributed by atoms with Crippen molar-refractivity contribution in [2.75, 3.05) is 13.2 Å². The van der Waals surface area contributed by atoms with Crippen molar-refractivity contribution in [3.05, 3.63) is 99.0 Å². The fourth-order valence-corrected chi connectivity index (χ4v) is 4.58. The summed E-state index contributed by atoms with van der Waals surface area (Å²) in [7, 11) is 0. The lowest BCUT2D eigenvalue weighted by Gasteiger charge is -2.31. The highest BCUT2D eigenvalue weighted by Gasteiger charge is 2.31. The number of ether oxygens (including phenoxy) is 1. The molecule has 3 rings (SSSR count). The average molecular weight is 572 g/mol. The van der Waals surface area contributed by atoms with Gasteiger partial charge < -0.3 is 15.0 Å². The van der Waals surface area contributed by atoms with Gasteiger partial charge in [-0.2, -0.15) is 0 Å². The monoisotopic (exact) mass is 570 g/mol. The zero-order valence-corrected chi connectivity index (χ0v) is 23.2. The van der Waals surface area contributed by atoms with Crippen LogP contribution in [0.4, 0.5) is 0 Å². The lowest BCUT2D eigenvalue weighted by molar-refractivity contribution is -0.142. The van der Waals surface area contributed by atoms with E-state index in [1.165, 1.54) is 5.56 Å². The van der Waals surface area contributed by atoms with Crippen molar-refractivity contribution in [3.63, 3.8) is 0 Å². The van der Waals surface area contributed by atoms with Crippen LogP contribution in [0.5, 0.6) is 5.75 Å². The Morgan fingerprint density at radius 1 is 1.03 bits per heavy atom. The molecule has 0 aliphatic rings. The van der Waals surface area contributed by atoms with Crippen molar-refractivity contribution in [1.29, 1.82) is 0 Å². The van der Waals surface area contributed by atoms with Gasteiger partial charge in [0.05, 0.1) is 4.47 Å². The molecule has 0 heterocycles. The maximum atomic E-state index is 13.6. The van der Waals surface area contributed by atoms with Crippen LogP contribution in [0.15, 0.2) is 77.3 Å². The van der Waals surface area contributed by atoms with Crippen molar-refractivity contribution >= 4 is 39.3 Å². The van der Waals surface area contributed by atoms with Gasteiger partial charge in [-0.3, -0.25) is 9.59 Å². The molecule has 3 aromatic carbocycles. The fourth-order valence-electron chi connectivity index (χ4n) is 3.87. The summed E-state index contributed by atoms with van der Waals surface area (Å²) >= 11 is 9.99. The van der Waals surface area contributed by atoms with Gasteiger partial charge in [-0.05, 0) is 63.7 Å². The molecule has 1 atom stereocenters. The first-order chi connectivity index (χ1) is 17.3. The largest absolute Gasteiger partial charge is 0.483 e. The fraction of sp³-hybridized carbons (Fsp3) is 0.310. The Hall–Kier alpha value is -2.83. The van der Waals surface area contributed by atoms with Gasteiger partial charge in [-0.15, -0.1) is 0 Å². The minimum atomic E-state index is -0.730. The zero-order chi connectivity index (χ0) is 26.1. The molecule has 7 heteroatoms. The Morgan fingerprint density at radius 3 is 2.36 bits per heavy atom. The first-order valence-corrected chi connectivity index (χ1v) is 13.2. The Morgan fingerprint density at radius 2 is 1.72 bits per heavy atom. The molecule has 3 aromatic rings. The number of halogens is 2. The van der Waals surface area contributed by atoms with Crippen LogP contribution in [-0.2, 0) is 22.6 Å². The summed E-state index contributed by atoms with van der Waals surface area (Å²) in [6.45, 7) is 6.53. The van der Waals surface area contributed by atoms with Crippen molar-refractivity contribution in [2.24, 2.45) is 0 Å². The van der Waals surface area contributed by atoms with Crippen LogP contribution in [0.1, 0.15) is 43.4 Å². The molecule has 0 saturated carbocycles. The van der Waals surface area contributed by atoms with Crippen molar-refractivity contribution in [1.82, 2.24) is 10.2 Å². The second-order valence-corrected chi connectivity index (χ2v) is 10.1. The van der Waals surface area contributed by atoms with Crippen LogP contribution in [0.2, 0.25) is 5.02 Å². The Bertz CT molecular complexity index is 1170. The molecule has 5 nitrogen and oxygen atoms in total. The highest BCUT2D eigenvalue weighted by molar-refractivity contribution is 9.10. The average Bonchev–Trinajstić information content (AvgIpc) is 2.87. The molecule has 0 radical (unpaired) electrons. The molecule has 0 bridgehead atoms. The number of nitrogens with zero attached hydrogens (tertiary/aromatic N) is 1. The SMILES string of the molecule is CCNC(=O)[C@@H](Cc1ccccc1)N(Cc1ccccc1Cl)C(=O)COc1ccc(C(C)C)cc1Br. The Labute approximate surface area is 226 Å². The molecule has 0 aliphatic heterocycles. The van der Waals surface area contributed by atoms with E-state index in [0.717, 1.165) is 15.6 Å². The van der Waals surface area contributed by atoms with Crippen LogP contribution in [0.3, 0.4) is 0 Å². The summed E-state index contributed by atoms with van der Waals surface area (Å²) in [5.74, 6) is 0.424. The van der Waals surface area contributed by atoms with E-state index < -0.39 is 6.04 Å². The van der Waals surface area contributed by atoms with Gasteiger partial charge in [0.1, 0.15) is 11.8 Å². The predicted octanol–water partition coefficient (Wildman–Crippen LogP) is 6.38. The predicted molar refractivity (Wildman–Crippen MR) is 148 cm³/mol. The number of hydrogen-bond acceptors (Lipinski definition) is 3. The Kier molecular flexibility index (Phi) is 10.4. The van der Waals surface area contributed by atoms with E-state index >= 15 is 0 Å². The zero-order valence-electron chi connectivity index (χ0n) is 20.8. The number of nitrogens with one attached hydrogen (secondary N) is 1. The molecule has 2 amide bonds. The lowest BCUT2D eigenvalue weighted by Crippen LogP contribution is -2.51. The third-order valence-corrected chi connectivity index (χ3v) is 6.88. The van der Waals surface area contributed by atoms with E-state index in [4.69, 9.17) is 16.3 Å². The second kappa shape index (κ2) is 13.5. The van der Waals surface area contributed by atoms with E-state index in [-0.39, 0.29) is 25.0 Å². The van der Waals surface area contributed by atoms with Gasteiger partial charge in [0, 0.05) is 24.5 Å². The minimum Gasteiger partial charge on any atom is -0.483 e. The number of hydrogen-bond donors (Lipinski definition) is 1. The highest BCUT2D eigenvalue weighted by Crippen LogP contribution is 2.29. The lowest BCUT2D eigenvalue weighted by atomic mass is 10.0. The quantitative estimate of drug-likeness (QED) is 0.291. The van der Waals surface area contributed by atoms with Gasteiger partial charge in [0.15, 0.2) is 6.61 Å².